The van der Waals surface area contributed by atoms with E-state index < -0.39 is 11.9 Å². The molecule has 0 aliphatic rings. The minimum Gasteiger partial charge on any atom is -0.497 e. The van der Waals surface area contributed by atoms with Crippen LogP contribution in [0, 0.1) is 0 Å². The van der Waals surface area contributed by atoms with E-state index in [4.69, 9.17) is 4.74 Å². The molecule has 0 saturated carbocycles. The third-order valence-electron chi connectivity index (χ3n) is 3.68. The summed E-state index contributed by atoms with van der Waals surface area (Å²) in [7, 11) is 3.14. The van der Waals surface area contributed by atoms with E-state index in [9.17, 15) is 13.2 Å². The Balaban J connectivity index is 2.11. The van der Waals surface area contributed by atoms with Crippen molar-refractivity contribution in [2.45, 2.75) is 6.18 Å². The molecule has 26 heavy (non-hydrogen) atoms. The van der Waals surface area contributed by atoms with Gasteiger partial charge in [-0.15, -0.1) is 0 Å². The summed E-state index contributed by atoms with van der Waals surface area (Å²) in [5, 5.41) is 0. The first-order valence-electron chi connectivity index (χ1n) is 7.64. The van der Waals surface area contributed by atoms with Crippen LogP contribution in [0.3, 0.4) is 0 Å². The molecule has 0 spiro atoms. The van der Waals surface area contributed by atoms with E-state index in [-0.39, 0.29) is 17.3 Å². The number of alkyl halides is 3. The largest absolute Gasteiger partial charge is 0.497 e. The highest BCUT2D eigenvalue weighted by Gasteiger charge is 2.34. The van der Waals surface area contributed by atoms with Crippen molar-refractivity contribution in [1.29, 1.82) is 0 Å². The van der Waals surface area contributed by atoms with Gasteiger partial charge in [-0.1, -0.05) is 12.1 Å². The number of hydrogen-bond donors (Lipinski definition) is 0. The van der Waals surface area contributed by atoms with E-state index in [1.807, 2.05) is 0 Å². The van der Waals surface area contributed by atoms with Crippen molar-refractivity contribution in [1.82, 2.24) is 15.0 Å². The summed E-state index contributed by atoms with van der Waals surface area (Å²) in [4.78, 5) is 13.5. The van der Waals surface area contributed by atoms with Gasteiger partial charge in [0.25, 0.3) is 0 Å². The highest BCUT2D eigenvalue weighted by Crippen LogP contribution is 2.33. The van der Waals surface area contributed by atoms with Crippen LogP contribution in [0.1, 0.15) is 5.69 Å². The number of hydrogen-bond acceptors (Lipinski definition) is 5. The fourth-order valence-electron chi connectivity index (χ4n) is 2.31. The zero-order chi connectivity index (χ0) is 18.7. The van der Waals surface area contributed by atoms with Gasteiger partial charge in [-0.2, -0.15) is 13.2 Å². The van der Waals surface area contributed by atoms with Gasteiger partial charge in [0.2, 0.25) is 0 Å². The van der Waals surface area contributed by atoms with E-state index in [1.165, 1.54) is 18.2 Å². The summed E-state index contributed by atoms with van der Waals surface area (Å²) < 4.78 is 45.1. The van der Waals surface area contributed by atoms with Crippen LogP contribution < -0.4 is 9.64 Å². The van der Waals surface area contributed by atoms with Gasteiger partial charge in [0.05, 0.1) is 7.11 Å². The molecule has 0 unspecified atom stereocenters. The lowest BCUT2D eigenvalue weighted by Gasteiger charge is -2.20. The second-order valence-electron chi connectivity index (χ2n) is 5.41. The van der Waals surface area contributed by atoms with Crippen LogP contribution in [-0.2, 0) is 6.18 Å². The van der Waals surface area contributed by atoms with E-state index in [1.54, 1.807) is 49.5 Å². The molecule has 0 bridgehead atoms. The average Bonchev–Trinajstić information content (AvgIpc) is 2.67. The van der Waals surface area contributed by atoms with Crippen LogP contribution in [0.4, 0.5) is 24.7 Å². The van der Waals surface area contributed by atoms with Gasteiger partial charge in [0.1, 0.15) is 17.3 Å². The monoisotopic (exact) mass is 360 g/mol. The van der Waals surface area contributed by atoms with Crippen molar-refractivity contribution in [3.8, 4) is 17.3 Å². The fourth-order valence-corrected chi connectivity index (χ4v) is 2.31. The number of benzene rings is 1. The lowest BCUT2D eigenvalue weighted by Crippen LogP contribution is -2.16. The normalized spacial score (nSPS) is 11.3. The van der Waals surface area contributed by atoms with E-state index in [0.29, 0.717) is 11.4 Å². The Hall–Kier alpha value is -3.16. The summed E-state index contributed by atoms with van der Waals surface area (Å²) in [6.07, 6.45) is -3.12. The molecule has 0 fully saturated rings. The lowest BCUT2D eigenvalue weighted by atomic mass is 10.2. The molecule has 0 amide bonds. The number of halogens is 3. The van der Waals surface area contributed by atoms with Gasteiger partial charge >= 0.3 is 6.18 Å². The maximum atomic E-state index is 13.3. The highest BCUT2D eigenvalue weighted by molar-refractivity contribution is 5.63. The number of pyridine rings is 1. The van der Waals surface area contributed by atoms with Crippen molar-refractivity contribution in [3.63, 3.8) is 0 Å². The van der Waals surface area contributed by atoms with Crippen LogP contribution in [0.15, 0.2) is 54.7 Å². The first-order valence-corrected chi connectivity index (χ1v) is 7.64. The molecule has 0 saturated heterocycles. The molecule has 1 aromatic carbocycles. The summed E-state index contributed by atoms with van der Waals surface area (Å²) in [5.41, 5.74) is -0.139. The van der Waals surface area contributed by atoms with Gasteiger partial charge in [0, 0.05) is 31.1 Å². The average molecular weight is 360 g/mol. The van der Waals surface area contributed by atoms with E-state index >= 15 is 0 Å². The van der Waals surface area contributed by atoms with Crippen LogP contribution in [-0.4, -0.2) is 29.1 Å². The Bertz CT molecular complexity index is 900. The first kappa shape index (κ1) is 17.7. The van der Waals surface area contributed by atoms with Gasteiger partial charge in [0.15, 0.2) is 11.5 Å². The predicted molar refractivity (Wildman–Crippen MR) is 91.3 cm³/mol. The number of nitrogens with zero attached hydrogens (tertiary/aromatic N) is 4. The summed E-state index contributed by atoms with van der Waals surface area (Å²) in [6, 6.07) is 12.7. The number of ether oxygens (including phenoxy) is 1. The quantitative estimate of drug-likeness (QED) is 0.693. The Morgan fingerprint density at radius 3 is 2.46 bits per heavy atom. The zero-order valence-electron chi connectivity index (χ0n) is 14.0. The highest BCUT2D eigenvalue weighted by atomic mass is 19.4. The molecule has 3 aromatic rings. The van der Waals surface area contributed by atoms with Crippen LogP contribution in [0.2, 0.25) is 0 Å². The zero-order valence-corrected chi connectivity index (χ0v) is 14.0. The standard InChI is InChI=1S/C18H15F3N4O/c1-25(12-6-5-7-13(10-12)26-2)16-11-15(18(19,20)21)23-17(24-16)14-8-3-4-9-22-14/h3-11H,1-2H3. The van der Waals surface area contributed by atoms with E-state index in [2.05, 4.69) is 15.0 Å². The van der Waals surface area contributed by atoms with Crippen molar-refractivity contribution in [2.75, 3.05) is 19.1 Å². The third-order valence-corrected chi connectivity index (χ3v) is 3.68. The number of anilines is 2. The molecular weight excluding hydrogens is 345 g/mol. The third kappa shape index (κ3) is 3.74. The second kappa shape index (κ2) is 6.99. The molecule has 134 valence electrons. The fraction of sp³-hybridized carbons (Fsp3) is 0.167. The van der Waals surface area contributed by atoms with Crippen LogP contribution >= 0.6 is 0 Å². The molecule has 0 N–H and O–H groups in total. The topological polar surface area (TPSA) is 51.1 Å². The number of methoxy groups -OCH3 is 1. The van der Waals surface area contributed by atoms with Crippen molar-refractivity contribution < 1.29 is 17.9 Å². The Kier molecular flexibility index (Phi) is 4.75. The van der Waals surface area contributed by atoms with Gasteiger partial charge in [-0.05, 0) is 24.3 Å². The lowest BCUT2D eigenvalue weighted by molar-refractivity contribution is -0.141. The Morgan fingerprint density at radius 2 is 1.81 bits per heavy atom. The van der Waals surface area contributed by atoms with Gasteiger partial charge < -0.3 is 9.64 Å². The summed E-state index contributed by atoms with van der Waals surface area (Å²) >= 11 is 0. The van der Waals surface area contributed by atoms with Crippen LogP contribution in [0.25, 0.3) is 11.5 Å². The molecule has 8 heteroatoms. The van der Waals surface area contributed by atoms with E-state index in [0.717, 1.165) is 6.07 Å². The maximum absolute atomic E-state index is 13.3. The molecule has 2 aromatic heterocycles. The first-order chi connectivity index (χ1) is 12.4. The molecular formula is C18H15F3N4O. The minimum absolute atomic E-state index is 0.0924. The number of aromatic nitrogens is 3. The second-order valence-corrected chi connectivity index (χ2v) is 5.41. The van der Waals surface area contributed by atoms with Crippen molar-refractivity contribution >= 4 is 11.5 Å². The molecule has 3 rings (SSSR count). The number of rotatable bonds is 4. The minimum atomic E-state index is -4.60. The van der Waals surface area contributed by atoms with Gasteiger partial charge in [-0.25, -0.2) is 9.97 Å². The summed E-state index contributed by atoms with van der Waals surface area (Å²) in [6.45, 7) is 0. The molecule has 5 nitrogen and oxygen atoms in total. The van der Waals surface area contributed by atoms with Crippen molar-refractivity contribution in [2.24, 2.45) is 0 Å². The Labute approximate surface area is 148 Å². The summed E-state index contributed by atoms with van der Waals surface area (Å²) in [5.74, 6) is 0.593. The Morgan fingerprint density at radius 1 is 1.00 bits per heavy atom. The molecule has 0 aliphatic heterocycles. The molecule has 0 atom stereocenters. The predicted octanol–water partition coefficient (Wildman–Crippen LogP) is 4.33. The maximum Gasteiger partial charge on any atom is 0.433 e. The van der Waals surface area contributed by atoms with Crippen molar-refractivity contribution in [3.05, 3.63) is 60.4 Å². The SMILES string of the molecule is COc1cccc(N(C)c2cc(C(F)(F)F)nc(-c3ccccn3)n2)c1. The molecule has 2 heterocycles. The van der Waals surface area contributed by atoms with Crippen LogP contribution in [0.5, 0.6) is 5.75 Å². The smallest absolute Gasteiger partial charge is 0.433 e. The molecule has 0 radical (unpaired) electrons. The molecule has 0 aliphatic carbocycles. The van der Waals surface area contributed by atoms with Gasteiger partial charge in [-0.3, -0.25) is 4.98 Å².